The number of anilines is 1. The van der Waals surface area contributed by atoms with Crippen molar-refractivity contribution in [1.29, 1.82) is 0 Å². The van der Waals surface area contributed by atoms with Gasteiger partial charge in [0.25, 0.3) is 0 Å². The lowest BCUT2D eigenvalue weighted by Gasteiger charge is -2.34. The molecular weight excluding hydrogens is 442 g/mol. The molecule has 0 unspecified atom stereocenters. The highest BCUT2D eigenvalue weighted by Crippen LogP contribution is 2.35. The zero-order valence-electron chi connectivity index (χ0n) is 17.4. The summed E-state index contributed by atoms with van der Waals surface area (Å²) in [6, 6.07) is 11.8. The minimum absolute atomic E-state index is 0.0234. The number of halogens is 3. The predicted molar refractivity (Wildman–Crippen MR) is 116 cm³/mol. The monoisotopic (exact) mass is 466 g/mol. The molecule has 32 heavy (non-hydrogen) atoms. The molecule has 0 radical (unpaired) electrons. The number of nitrogens with zero attached hydrogens (tertiary/aromatic N) is 2. The first-order valence-corrected chi connectivity index (χ1v) is 11.0. The van der Waals surface area contributed by atoms with Crippen LogP contribution in [0.3, 0.4) is 0 Å². The molecule has 1 saturated carbocycles. The summed E-state index contributed by atoms with van der Waals surface area (Å²) in [4.78, 5) is 16.5. The fraction of sp³-hybridized carbons (Fsp3) is 0.435. The summed E-state index contributed by atoms with van der Waals surface area (Å²) in [6.07, 6.45) is 1.40. The Balaban J connectivity index is 1.50. The summed E-state index contributed by atoms with van der Waals surface area (Å²) in [5.41, 5.74) is 1.50. The molecule has 0 bridgehead atoms. The standard InChI is InChI=1S/C23H25ClF2N2O4/c24-16-1-5-19(6-2-16)31-14-18(29)13-27-10-9-22(30)28(17-3-4-17)12-15-11-20(32-23(25)26)7-8-21(15)27/h1-2,5-8,11,17-18,23,29H,3-4,9-10,12-14H2/t18-/m1/s1. The van der Waals surface area contributed by atoms with Crippen molar-refractivity contribution in [2.75, 3.05) is 24.6 Å². The minimum atomic E-state index is -2.93. The van der Waals surface area contributed by atoms with Gasteiger partial charge in [0.1, 0.15) is 24.2 Å². The van der Waals surface area contributed by atoms with Crippen molar-refractivity contribution in [3.63, 3.8) is 0 Å². The molecule has 1 amide bonds. The highest BCUT2D eigenvalue weighted by atomic mass is 35.5. The zero-order chi connectivity index (χ0) is 22.7. The van der Waals surface area contributed by atoms with Gasteiger partial charge in [0.15, 0.2) is 0 Å². The molecule has 6 nitrogen and oxygen atoms in total. The van der Waals surface area contributed by atoms with Gasteiger partial charge in [-0.3, -0.25) is 4.79 Å². The minimum Gasteiger partial charge on any atom is -0.491 e. The van der Waals surface area contributed by atoms with Crippen molar-refractivity contribution in [3.05, 3.63) is 53.1 Å². The van der Waals surface area contributed by atoms with Crippen LogP contribution in [0.15, 0.2) is 42.5 Å². The van der Waals surface area contributed by atoms with Crippen LogP contribution in [0.25, 0.3) is 0 Å². The lowest BCUT2D eigenvalue weighted by atomic mass is 10.1. The van der Waals surface area contributed by atoms with Gasteiger partial charge >= 0.3 is 6.61 Å². The van der Waals surface area contributed by atoms with Crippen molar-refractivity contribution in [2.24, 2.45) is 0 Å². The number of benzene rings is 2. The summed E-state index contributed by atoms with van der Waals surface area (Å²) in [5.74, 6) is 0.662. The lowest BCUT2D eigenvalue weighted by molar-refractivity contribution is -0.132. The predicted octanol–water partition coefficient (Wildman–Crippen LogP) is 4.08. The van der Waals surface area contributed by atoms with Gasteiger partial charge in [-0.15, -0.1) is 0 Å². The normalized spacial score (nSPS) is 17.6. The number of fused-ring (bicyclic) bond motifs is 1. The third-order valence-electron chi connectivity index (χ3n) is 5.55. The molecule has 0 aromatic heterocycles. The number of amides is 1. The fourth-order valence-electron chi connectivity index (χ4n) is 3.88. The average molecular weight is 467 g/mol. The van der Waals surface area contributed by atoms with Crippen LogP contribution in [0.2, 0.25) is 5.02 Å². The Morgan fingerprint density at radius 3 is 2.53 bits per heavy atom. The largest absolute Gasteiger partial charge is 0.491 e. The first kappa shape index (κ1) is 22.6. The van der Waals surface area contributed by atoms with Gasteiger partial charge in [0.05, 0.1) is 0 Å². The Hall–Kier alpha value is -2.58. The van der Waals surface area contributed by atoms with E-state index in [4.69, 9.17) is 16.3 Å². The van der Waals surface area contributed by atoms with Crippen LogP contribution in [0.4, 0.5) is 14.5 Å². The summed E-state index contributed by atoms with van der Waals surface area (Å²) in [6.45, 7) is -1.91. The first-order chi connectivity index (χ1) is 15.4. The van der Waals surface area contributed by atoms with E-state index in [0.29, 0.717) is 35.8 Å². The van der Waals surface area contributed by atoms with Crippen molar-refractivity contribution >= 4 is 23.2 Å². The molecule has 9 heteroatoms. The molecule has 2 aromatic rings. The van der Waals surface area contributed by atoms with Crippen LogP contribution in [-0.2, 0) is 11.3 Å². The van der Waals surface area contributed by atoms with E-state index in [2.05, 4.69) is 4.74 Å². The molecule has 1 fully saturated rings. The van der Waals surface area contributed by atoms with Gasteiger partial charge < -0.3 is 24.4 Å². The maximum absolute atomic E-state index is 12.7. The van der Waals surface area contributed by atoms with Gasteiger partial charge in [0.2, 0.25) is 5.91 Å². The number of carbonyl (C=O) groups is 1. The van der Waals surface area contributed by atoms with E-state index in [-0.39, 0.29) is 30.9 Å². The van der Waals surface area contributed by atoms with E-state index in [1.54, 1.807) is 36.4 Å². The number of ether oxygens (including phenoxy) is 2. The molecule has 1 aliphatic carbocycles. The molecule has 1 atom stereocenters. The number of hydrogen-bond donors (Lipinski definition) is 1. The van der Waals surface area contributed by atoms with Gasteiger partial charge in [-0.05, 0) is 60.9 Å². The molecule has 1 heterocycles. The number of hydrogen-bond acceptors (Lipinski definition) is 5. The summed E-state index contributed by atoms with van der Waals surface area (Å²) in [7, 11) is 0. The molecule has 172 valence electrons. The number of carbonyl (C=O) groups excluding carboxylic acids is 1. The smallest absolute Gasteiger partial charge is 0.387 e. The molecule has 0 saturated heterocycles. The molecule has 4 rings (SSSR count). The second-order valence-corrected chi connectivity index (χ2v) is 8.47. The van der Waals surface area contributed by atoms with Gasteiger partial charge in [-0.2, -0.15) is 8.78 Å². The number of rotatable bonds is 8. The SMILES string of the molecule is O=C1CCN(C[C@@H](O)COc2ccc(Cl)cc2)c2ccc(OC(F)F)cc2CN1C1CC1. The first-order valence-electron chi connectivity index (χ1n) is 10.6. The summed E-state index contributed by atoms with van der Waals surface area (Å²) < 4.78 is 35.6. The van der Waals surface area contributed by atoms with E-state index in [1.165, 1.54) is 6.07 Å². The van der Waals surface area contributed by atoms with Crippen molar-refractivity contribution in [1.82, 2.24) is 4.90 Å². The molecule has 2 aromatic carbocycles. The van der Waals surface area contributed by atoms with Crippen LogP contribution < -0.4 is 14.4 Å². The van der Waals surface area contributed by atoms with Crippen LogP contribution in [0.1, 0.15) is 24.8 Å². The maximum atomic E-state index is 12.7. The zero-order valence-corrected chi connectivity index (χ0v) is 18.2. The van der Waals surface area contributed by atoms with Crippen LogP contribution in [0.5, 0.6) is 11.5 Å². The average Bonchev–Trinajstić information content (AvgIpc) is 3.58. The Labute approximate surface area is 190 Å². The van der Waals surface area contributed by atoms with Crippen LogP contribution in [-0.4, -0.2) is 54.4 Å². The molecule has 2 aliphatic rings. The Morgan fingerprint density at radius 1 is 1.12 bits per heavy atom. The van der Waals surface area contributed by atoms with Gasteiger partial charge in [-0.1, -0.05) is 11.6 Å². The number of alkyl halides is 2. The van der Waals surface area contributed by atoms with E-state index >= 15 is 0 Å². The van der Waals surface area contributed by atoms with Crippen LogP contribution >= 0.6 is 11.6 Å². The maximum Gasteiger partial charge on any atom is 0.387 e. The quantitative estimate of drug-likeness (QED) is 0.635. The van der Waals surface area contributed by atoms with Crippen molar-refractivity contribution < 1.29 is 28.2 Å². The summed E-state index contributed by atoms with van der Waals surface area (Å²) in [5, 5.41) is 11.2. The van der Waals surface area contributed by atoms with Crippen molar-refractivity contribution in [2.45, 2.75) is 44.6 Å². The Bertz CT molecular complexity index is 940. The second kappa shape index (κ2) is 9.92. The summed E-state index contributed by atoms with van der Waals surface area (Å²) >= 11 is 5.87. The topological polar surface area (TPSA) is 62.2 Å². The van der Waals surface area contributed by atoms with E-state index in [9.17, 15) is 18.7 Å². The van der Waals surface area contributed by atoms with E-state index < -0.39 is 12.7 Å². The van der Waals surface area contributed by atoms with Crippen molar-refractivity contribution in [3.8, 4) is 11.5 Å². The Kier molecular flexibility index (Phi) is 7.01. The highest BCUT2D eigenvalue weighted by Gasteiger charge is 2.34. The molecule has 1 N–H and O–H groups in total. The van der Waals surface area contributed by atoms with E-state index in [1.807, 2.05) is 9.80 Å². The highest BCUT2D eigenvalue weighted by molar-refractivity contribution is 6.30. The van der Waals surface area contributed by atoms with Crippen LogP contribution in [0, 0.1) is 0 Å². The van der Waals surface area contributed by atoms with Gasteiger partial charge in [0, 0.05) is 42.8 Å². The number of aliphatic hydroxyl groups is 1. The lowest BCUT2D eigenvalue weighted by Crippen LogP contribution is -2.42. The van der Waals surface area contributed by atoms with Gasteiger partial charge in [-0.25, -0.2) is 0 Å². The fourth-order valence-corrected chi connectivity index (χ4v) is 4.00. The molecule has 1 aliphatic heterocycles. The number of β-amino-alcohol motifs (C(OH)–C–C–N with tert-alkyl or cyclic N) is 1. The second-order valence-electron chi connectivity index (χ2n) is 8.04. The Morgan fingerprint density at radius 2 is 1.84 bits per heavy atom. The molecular formula is C23H25ClF2N2O4. The number of aliphatic hydroxyl groups excluding tert-OH is 1. The van der Waals surface area contributed by atoms with E-state index in [0.717, 1.165) is 18.5 Å². The third-order valence-corrected chi connectivity index (χ3v) is 5.80. The molecule has 0 spiro atoms. The third kappa shape index (κ3) is 5.81.